The number of benzene rings is 5. The molecule has 1 radical (unpaired) electrons. The molecule has 59 heavy (non-hydrogen) atoms. The molecule has 9 heteroatoms. The van der Waals surface area contributed by atoms with E-state index in [2.05, 4.69) is 73.2 Å². The minimum Gasteiger partial charge on any atom is -0.332 e. The molecule has 0 aliphatic carbocycles. The van der Waals surface area contributed by atoms with Crippen molar-refractivity contribution in [3.8, 4) is 39.5 Å². The fourth-order valence-corrected chi connectivity index (χ4v) is 11.2. The minimum atomic E-state index is -2.69. The molecule has 0 amide bonds. The zero-order valence-corrected chi connectivity index (χ0v) is 37.4. The van der Waals surface area contributed by atoms with Crippen molar-refractivity contribution in [1.29, 1.82) is 0 Å². The second-order valence-corrected chi connectivity index (χ2v) is 26.4. The topological polar surface area (TPSA) is 56.5 Å². The van der Waals surface area contributed by atoms with Gasteiger partial charge in [0, 0.05) is 62.2 Å². The van der Waals surface area contributed by atoms with Crippen molar-refractivity contribution in [3.05, 3.63) is 168 Å². The van der Waals surface area contributed by atoms with Crippen LogP contribution in [0.25, 0.3) is 81.7 Å². The van der Waals surface area contributed by atoms with E-state index in [4.69, 9.17) is 17.3 Å². The number of hydrogen-bond donors (Lipinski definition) is 0. The Kier molecular flexibility index (Phi) is 8.49. The van der Waals surface area contributed by atoms with Gasteiger partial charge in [-0.05, 0) is 65.9 Å². The van der Waals surface area contributed by atoms with Gasteiger partial charge in [-0.1, -0.05) is 59.5 Å². The average Bonchev–Trinajstić information content (AvgIpc) is 3.87. The number of aromatic nitrogens is 5. The molecule has 0 bridgehead atoms. The number of aryl methyl sites for hydroxylation is 3. The number of pyridine rings is 3. The molecule has 0 aliphatic heterocycles. The molecule has 5 aromatic heterocycles. The van der Waals surface area contributed by atoms with Crippen LogP contribution in [-0.2, 0) is 20.1 Å². The number of thiophene rings is 1. The Morgan fingerprint density at radius 3 is 2.31 bits per heavy atom. The van der Waals surface area contributed by atoms with Crippen LogP contribution in [0.3, 0.4) is 0 Å². The van der Waals surface area contributed by atoms with E-state index in [1.165, 1.54) is 29.5 Å². The summed E-state index contributed by atoms with van der Waals surface area (Å²) in [5, 5.41) is 2.28. The summed E-state index contributed by atoms with van der Waals surface area (Å²) in [4.78, 5) is 19.0. The molecule has 0 atom stereocenters. The van der Waals surface area contributed by atoms with Crippen LogP contribution in [0.4, 0.5) is 4.39 Å². The first-order valence-corrected chi connectivity index (χ1v) is 26.7. The maximum atomic E-state index is 13.8. The third-order valence-electron chi connectivity index (χ3n) is 10.0. The molecule has 293 valence electrons. The van der Waals surface area contributed by atoms with E-state index in [0.717, 1.165) is 53.2 Å². The molecule has 5 nitrogen and oxygen atoms in total. The molecule has 0 fully saturated rings. The molecule has 0 aliphatic rings. The van der Waals surface area contributed by atoms with Gasteiger partial charge in [-0.3, -0.25) is 9.97 Å². The predicted molar refractivity (Wildman–Crippen MR) is 242 cm³/mol. The summed E-state index contributed by atoms with van der Waals surface area (Å²) in [6.07, 6.45) is 3.38. The summed E-state index contributed by atoms with van der Waals surface area (Å²) >= 11 is -1.07. The minimum absolute atomic E-state index is 0. The van der Waals surface area contributed by atoms with Gasteiger partial charge in [-0.2, -0.15) is 11.3 Å². The standard InChI is InChI=1S/C35H23N4S.C15H17FGeN.Ir/c1-21-20-28-25-13-8-14-27(33(25)40-35(28)37-22(21)2)34-38-30-18-17-29-26(15-9-19-36-29)32(30)39(34)31-16-7-6-12-24(31)23-10-4-3-5-11-23;1-11-9-15(12-7-5-6-8-13(12)16)18-10-14(11)17(2,3)4;/h3-13,15-20H,1-2H3;5-6,8-10H,1-4H3;/q2*-1;/i1D3,2D3;1D3;. The van der Waals surface area contributed by atoms with Crippen molar-refractivity contribution in [2.75, 3.05) is 0 Å². The normalized spacial score (nSPS) is 14.4. The number of hydrogen-bond acceptors (Lipinski definition) is 5. The van der Waals surface area contributed by atoms with Crippen LogP contribution in [-0.4, -0.2) is 37.8 Å². The Morgan fingerprint density at radius 2 is 1.51 bits per heavy atom. The molecule has 0 N–H and O–H groups in total. The summed E-state index contributed by atoms with van der Waals surface area (Å²) < 4.78 is 89.1. The fourth-order valence-electron chi connectivity index (χ4n) is 7.29. The zero-order chi connectivity index (χ0) is 47.6. The maximum absolute atomic E-state index is 13.8. The number of nitrogens with zero attached hydrogens (tertiary/aromatic N) is 5. The van der Waals surface area contributed by atoms with Gasteiger partial charge < -0.3 is 4.57 Å². The monoisotopic (exact) mass is 1040 g/mol. The van der Waals surface area contributed by atoms with E-state index < -0.39 is 45.3 Å². The van der Waals surface area contributed by atoms with E-state index in [-0.39, 0.29) is 36.8 Å². The summed E-state index contributed by atoms with van der Waals surface area (Å²) in [5.74, 6) is 6.52. The largest absolute Gasteiger partial charge is 0.332 e. The van der Waals surface area contributed by atoms with Gasteiger partial charge in [0.2, 0.25) is 0 Å². The van der Waals surface area contributed by atoms with E-state index in [9.17, 15) is 4.39 Å². The van der Waals surface area contributed by atoms with Crippen molar-refractivity contribution < 1.29 is 36.8 Å². The van der Waals surface area contributed by atoms with Crippen LogP contribution in [0, 0.1) is 38.5 Å². The number of halogens is 1. The summed E-state index contributed by atoms with van der Waals surface area (Å²) in [6, 6.07) is 43.5. The van der Waals surface area contributed by atoms with Crippen molar-refractivity contribution in [1.82, 2.24) is 24.5 Å². The molecule has 0 saturated carbocycles. The average molecular weight is 1040 g/mol. The molecule has 5 aromatic carbocycles. The molecule has 10 aromatic rings. The molecule has 0 spiro atoms. The van der Waals surface area contributed by atoms with Crippen LogP contribution in [0.2, 0.25) is 17.3 Å². The Balaban J connectivity index is 0.000000240. The summed E-state index contributed by atoms with van der Waals surface area (Å²) in [5.41, 5.74) is 6.32. The number of fused-ring (bicyclic) bond motifs is 6. The van der Waals surface area contributed by atoms with Crippen molar-refractivity contribution in [2.24, 2.45) is 0 Å². The van der Waals surface area contributed by atoms with Crippen LogP contribution < -0.4 is 4.40 Å². The van der Waals surface area contributed by atoms with Gasteiger partial charge in [0.15, 0.2) is 0 Å². The van der Waals surface area contributed by atoms with Crippen molar-refractivity contribution >= 4 is 71.2 Å². The molecule has 0 saturated heterocycles. The smallest absolute Gasteiger partial charge is 0.114 e. The number of rotatable bonds is 5. The van der Waals surface area contributed by atoms with Crippen LogP contribution in [0.15, 0.2) is 134 Å². The van der Waals surface area contributed by atoms with E-state index in [0.29, 0.717) is 27.3 Å². The van der Waals surface area contributed by atoms with Gasteiger partial charge in [0.1, 0.15) is 4.83 Å². The first-order valence-electron chi connectivity index (χ1n) is 23.1. The van der Waals surface area contributed by atoms with Gasteiger partial charge in [-0.25, -0.2) is 4.98 Å². The van der Waals surface area contributed by atoms with Gasteiger partial charge in [-0.15, -0.1) is 18.2 Å². The van der Waals surface area contributed by atoms with Crippen LogP contribution in [0.1, 0.15) is 29.2 Å². The number of para-hydroxylation sites is 1. The third kappa shape index (κ3) is 7.55. The second-order valence-electron chi connectivity index (χ2n) is 14.9. The molecular formula is C50H40FGeIrN5S-2. The molecule has 10 rings (SSSR count). The molecule has 5 heterocycles. The Labute approximate surface area is 376 Å². The summed E-state index contributed by atoms with van der Waals surface area (Å²) in [7, 11) is 0. The van der Waals surface area contributed by atoms with E-state index in [1.807, 2.05) is 60.7 Å². The van der Waals surface area contributed by atoms with E-state index in [1.54, 1.807) is 30.6 Å². The van der Waals surface area contributed by atoms with Gasteiger partial charge in [0.05, 0.1) is 22.4 Å². The molecular weight excluding hydrogens is 986 g/mol. The molecule has 0 unspecified atom stereocenters. The van der Waals surface area contributed by atoms with Gasteiger partial charge in [0.25, 0.3) is 0 Å². The Morgan fingerprint density at radius 1 is 0.712 bits per heavy atom. The fraction of sp³-hybridized carbons (Fsp3) is 0.120. The number of imidazole rings is 1. The SMILES string of the molecule is [2H]C([2H])([2H])c1cc(-c2[c-]cccc2F)nc[c]1[Ge]([CH3])([CH3])[CH3].[2H]C([2H])([2H])c1cc2c(nc1C([2H])([2H])[2H])sc1c(-c3nc4ccc5ncccc5c4n3-c3ccccc3-c3ccccc3)[c-]ccc12.[Ir]. The van der Waals surface area contributed by atoms with E-state index >= 15 is 0 Å². The third-order valence-corrected chi connectivity index (χ3v) is 15.4. The maximum Gasteiger partial charge on any atom is 0.114 e. The summed E-state index contributed by atoms with van der Waals surface area (Å²) in [6.45, 7) is -7.56. The quantitative estimate of drug-likeness (QED) is 0.127. The van der Waals surface area contributed by atoms with Gasteiger partial charge >= 0.3 is 114 Å². The Bertz CT molecular complexity index is 3510. The van der Waals surface area contributed by atoms with Crippen molar-refractivity contribution in [3.63, 3.8) is 0 Å². The van der Waals surface area contributed by atoms with Crippen LogP contribution >= 0.6 is 11.3 Å². The zero-order valence-electron chi connectivity index (χ0n) is 41.1. The second kappa shape index (κ2) is 16.3. The predicted octanol–water partition coefficient (Wildman–Crippen LogP) is 12.6. The van der Waals surface area contributed by atoms with Crippen LogP contribution in [0.5, 0.6) is 0 Å². The first kappa shape index (κ1) is 30.6. The first-order chi connectivity index (χ1) is 31.7. The Hall–Kier alpha value is -5.38. The van der Waals surface area contributed by atoms with Crippen molar-refractivity contribution in [2.45, 2.75) is 37.8 Å².